The molecular weight excluding hydrogens is 247 g/mol. The Morgan fingerprint density at radius 2 is 2.17 bits per heavy atom. The molecule has 0 amide bonds. The minimum atomic E-state index is -4.57. The Kier molecular flexibility index (Phi) is 4.58. The van der Waals surface area contributed by atoms with Crippen molar-refractivity contribution in [3.63, 3.8) is 0 Å². The molecule has 0 saturated carbocycles. The fourth-order valence-electron chi connectivity index (χ4n) is 1.58. The minimum absolute atomic E-state index is 0.0629. The van der Waals surface area contributed by atoms with Crippen LogP contribution in [-0.4, -0.2) is 12.1 Å². The lowest BCUT2D eigenvalue weighted by Crippen LogP contribution is -2.17. The van der Waals surface area contributed by atoms with Gasteiger partial charge in [0, 0.05) is 6.07 Å². The van der Waals surface area contributed by atoms with E-state index < -0.39 is 17.3 Å². The minimum Gasteiger partial charge on any atom is -0.491 e. The normalized spacial score (nSPS) is 11.3. The molecule has 0 saturated heterocycles. The van der Waals surface area contributed by atoms with Crippen molar-refractivity contribution < 1.29 is 17.9 Å². The number of H-pyrrole nitrogens is 1. The van der Waals surface area contributed by atoms with Gasteiger partial charge in [-0.1, -0.05) is 6.08 Å². The van der Waals surface area contributed by atoms with Gasteiger partial charge in [0.15, 0.2) is 5.75 Å². The average Bonchev–Trinajstić information content (AvgIpc) is 2.27. The maximum atomic E-state index is 12.5. The molecule has 0 bridgehead atoms. The number of halogens is 3. The molecule has 0 spiro atoms. The standard InChI is InChI=1S/C12H14F3NO2/c1-3-4-5-6-8-11(18-2)9(17)7-10(16-8)12(13,14)15/h3,7H,1,4-6H2,2H3,(H,16,17). The van der Waals surface area contributed by atoms with Crippen LogP contribution in [-0.2, 0) is 12.6 Å². The van der Waals surface area contributed by atoms with Crippen molar-refractivity contribution in [2.45, 2.75) is 25.4 Å². The third-order valence-corrected chi connectivity index (χ3v) is 2.40. The summed E-state index contributed by atoms with van der Waals surface area (Å²) in [7, 11) is 1.26. The zero-order chi connectivity index (χ0) is 13.8. The second-order valence-corrected chi connectivity index (χ2v) is 3.74. The molecule has 0 unspecified atom stereocenters. The Morgan fingerprint density at radius 3 is 2.67 bits per heavy atom. The Hall–Kier alpha value is -1.72. The van der Waals surface area contributed by atoms with E-state index in [4.69, 9.17) is 4.74 Å². The van der Waals surface area contributed by atoms with E-state index in [-0.39, 0.29) is 11.4 Å². The lowest BCUT2D eigenvalue weighted by atomic mass is 10.1. The lowest BCUT2D eigenvalue weighted by molar-refractivity contribution is -0.141. The Morgan fingerprint density at radius 1 is 1.50 bits per heavy atom. The summed E-state index contributed by atoms with van der Waals surface area (Å²) < 4.78 is 42.5. The van der Waals surface area contributed by atoms with Gasteiger partial charge in [-0.05, 0) is 19.3 Å². The largest absolute Gasteiger partial charge is 0.491 e. The third-order valence-electron chi connectivity index (χ3n) is 2.40. The fraction of sp³-hybridized carbons (Fsp3) is 0.417. The number of ether oxygens (including phenoxy) is 1. The highest BCUT2D eigenvalue weighted by atomic mass is 19.4. The van der Waals surface area contributed by atoms with Crippen LogP contribution in [0, 0.1) is 0 Å². The van der Waals surface area contributed by atoms with E-state index in [0.29, 0.717) is 25.3 Å². The van der Waals surface area contributed by atoms with Crippen LogP contribution in [0.15, 0.2) is 23.5 Å². The molecule has 1 N–H and O–H groups in total. The van der Waals surface area contributed by atoms with Crippen LogP contribution in [0.1, 0.15) is 24.2 Å². The summed E-state index contributed by atoms with van der Waals surface area (Å²) in [5.74, 6) is -0.0629. The molecule has 0 radical (unpaired) electrons. The number of rotatable bonds is 5. The number of aromatic amines is 1. The molecule has 3 nitrogen and oxygen atoms in total. The smallest absolute Gasteiger partial charge is 0.431 e. The molecule has 0 aliphatic heterocycles. The number of nitrogens with one attached hydrogen (secondary N) is 1. The van der Waals surface area contributed by atoms with Gasteiger partial charge in [0.25, 0.3) is 0 Å². The Labute approximate surface area is 102 Å². The molecule has 18 heavy (non-hydrogen) atoms. The lowest BCUT2D eigenvalue weighted by Gasteiger charge is -2.12. The summed E-state index contributed by atoms with van der Waals surface area (Å²) in [4.78, 5) is 13.7. The molecule has 100 valence electrons. The molecule has 1 rings (SSSR count). The topological polar surface area (TPSA) is 42.1 Å². The molecule has 0 fully saturated rings. The summed E-state index contributed by atoms with van der Waals surface area (Å²) in [5, 5.41) is 0. The number of hydrogen-bond acceptors (Lipinski definition) is 2. The van der Waals surface area contributed by atoms with Crippen LogP contribution >= 0.6 is 0 Å². The van der Waals surface area contributed by atoms with Gasteiger partial charge >= 0.3 is 6.18 Å². The Balaban J connectivity index is 3.15. The zero-order valence-corrected chi connectivity index (χ0v) is 9.93. The Bertz CT molecular complexity index is 477. The van der Waals surface area contributed by atoms with Crippen LogP contribution in [0.3, 0.4) is 0 Å². The first-order valence-corrected chi connectivity index (χ1v) is 5.38. The maximum Gasteiger partial charge on any atom is 0.431 e. The highest BCUT2D eigenvalue weighted by Crippen LogP contribution is 2.28. The molecule has 1 heterocycles. The van der Waals surface area contributed by atoms with Gasteiger partial charge in [0.2, 0.25) is 5.43 Å². The molecule has 1 aromatic heterocycles. The molecule has 0 aromatic carbocycles. The highest BCUT2D eigenvalue weighted by Gasteiger charge is 2.33. The molecule has 0 aliphatic carbocycles. The van der Waals surface area contributed by atoms with E-state index in [1.807, 2.05) is 0 Å². The molecule has 1 aromatic rings. The summed E-state index contributed by atoms with van der Waals surface area (Å²) in [5.41, 5.74) is -1.65. The van der Waals surface area contributed by atoms with Gasteiger partial charge in [-0.25, -0.2) is 0 Å². The van der Waals surface area contributed by atoms with E-state index in [9.17, 15) is 18.0 Å². The number of aromatic nitrogens is 1. The first-order valence-electron chi connectivity index (χ1n) is 5.38. The first-order chi connectivity index (χ1) is 8.40. The number of aryl methyl sites for hydroxylation is 1. The van der Waals surface area contributed by atoms with Crippen LogP contribution in [0.4, 0.5) is 13.2 Å². The van der Waals surface area contributed by atoms with Crippen molar-refractivity contribution >= 4 is 0 Å². The average molecular weight is 261 g/mol. The molecule has 6 heteroatoms. The van der Waals surface area contributed by atoms with Crippen LogP contribution in [0.5, 0.6) is 5.75 Å². The van der Waals surface area contributed by atoms with Gasteiger partial charge in [0.05, 0.1) is 12.8 Å². The zero-order valence-electron chi connectivity index (χ0n) is 9.93. The number of methoxy groups -OCH3 is 1. The molecule has 0 aliphatic rings. The predicted molar refractivity (Wildman–Crippen MR) is 61.8 cm³/mol. The first kappa shape index (κ1) is 14.3. The third kappa shape index (κ3) is 3.38. The van der Waals surface area contributed by atoms with Crippen LogP contribution in [0.2, 0.25) is 0 Å². The van der Waals surface area contributed by atoms with E-state index in [1.54, 1.807) is 6.08 Å². The van der Waals surface area contributed by atoms with Crippen molar-refractivity contribution in [2.24, 2.45) is 0 Å². The van der Waals surface area contributed by atoms with Crippen molar-refractivity contribution in [3.05, 3.63) is 40.3 Å². The van der Waals surface area contributed by atoms with Gasteiger partial charge < -0.3 is 9.72 Å². The van der Waals surface area contributed by atoms with Crippen molar-refractivity contribution in [2.75, 3.05) is 7.11 Å². The summed E-state index contributed by atoms with van der Waals surface area (Å²) in [6, 6.07) is 0.510. The molecule has 0 atom stereocenters. The van der Waals surface area contributed by atoms with Crippen molar-refractivity contribution in [1.82, 2.24) is 4.98 Å². The SMILES string of the molecule is C=CCCCc1[nH]c(C(F)(F)F)cc(=O)c1OC. The number of hydrogen-bond donors (Lipinski definition) is 1. The van der Waals surface area contributed by atoms with E-state index in [0.717, 1.165) is 0 Å². The van der Waals surface area contributed by atoms with Gasteiger partial charge in [0.1, 0.15) is 5.69 Å². The van der Waals surface area contributed by atoms with Gasteiger partial charge in [-0.3, -0.25) is 4.79 Å². The van der Waals surface area contributed by atoms with Gasteiger partial charge in [-0.15, -0.1) is 6.58 Å². The van der Waals surface area contributed by atoms with Crippen molar-refractivity contribution in [3.8, 4) is 5.75 Å². The monoisotopic (exact) mass is 261 g/mol. The van der Waals surface area contributed by atoms with Crippen LogP contribution in [0.25, 0.3) is 0 Å². The number of unbranched alkanes of at least 4 members (excludes halogenated alkanes) is 1. The van der Waals surface area contributed by atoms with E-state index in [1.165, 1.54) is 7.11 Å². The number of allylic oxidation sites excluding steroid dienone is 1. The van der Waals surface area contributed by atoms with Crippen LogP contribution < -0.4 is 10.2 Å². The summed E-state index contributed by atoms with van der Waals surface area (Å²) in [6.45, 7) is 3.53. The highest BCUT2D eigenvalue weighted by molar-refractivity contribution is 5.30. The van der Waals surface area contributed by atoms with E-state index in [2.05, 4.69) is 11.6 Å². The number of alkyl halides is 3. The maximum absolute atomic E-state index is 12.5. The quantitative estimate of drug-likeness (QED) is 0.654. The number of pyridine rings is 1. The summed E-state index contributed by atoms with van der Waals surface area (Å²) in [6.07, 6.45) is -1.36. The van der Waals surface area contributed by atoms with E-state index >= 15 is 0 Å². The second kappa shape index (κ2) is 5.75. The summed E-state index contributed by atoms with van der Waals surface area (Å²) >= 11 is 0. The fourth-order valence-corrected chi connectivity index (χ4v) is 1.58. The van der Waals surface area contributed by atoms with Gasteiger partial charge in [-0.2, -0.15) is 13.2 Å². The predicted octanol–water partition coefficient (Wildman–Crippen LogP) is 2.91. The molecular formula is C12H14F3NO2. The van der Waals surface area contributed by atoms with Crippen molar-refractivity contribution in [1.29, 1.82) is 0 Å². The second-order valence-electron chi connectivity index (χ2n) is 3.74.